The van der Waals surface area contributed by atoms with E-state index in [1.54, 1.807) is 12.7 Å². The molecule has 1 aromatic rings. The number of fused-ring (bicyclic) bond motifs is 2. The Morgan fingerprint density at radius 2 is 1.67 bits per heavy atom. The number of benzene rings is 1. The second kappa shape index (κ2) is 6.94. The van der Waals surface area contributed by atoms with Crippen LogP contribution in [0.2, 0.25) is 0 Å². The fourth-order valence-electron chi connectivity index (χ4n) is 5.89. The highest BCUT2D eigenvalue weighted by Crippen LogP contribution is 2.48. The molecule has 0 aliphatic heterocycles. The Morgan fingerprint density at radius 1 is 0.917 bits per heavy atom. The van der Waals surface area contributed by atoms with Crippen LogP contribution < -0.4 is 4.74 Å². The summed E-state index contributed by atoms with van der Waals surface area (Å²) in [6, 6.07) is 6.73. The van der Waals surface area contributed by atoms with Gasteiger partial charge in [-0.05, 0) is 111 Å². The molecule has 0 N–H and O–H groups in total. The molecule has 0 heterocycles. The molecule has 3 aliphatic rings. The summed E-state index contributed by atoms with van der Waals surface area (Å²) in [5, 5.41) is 0. The minimum absolute atomic E-state index is 0.805. The fraction of sp³-hybridized carbons (Fsp3) is 0.652. The normalized spacial score (nSPS) is 35.6. The average molecular weight is 325 g/mol. The van der Waals surface area contributed by atoms with E-state index in [0.29, 0.717) is 0 Å². The average Bonchev–Trinajstić information content (AvgIpc) is 2.66. The first-order valence-electron chi connectivity index (χ1n) is 10.0. The van der Waals surface area contributed by atoms with Crippen LogP contribution in [0.25, 0.3) is 0 Å². The molecule has 3 aliphatic carbocycles. The summed E-state index contributed by atoms with van der Waals surface area (Å²) in [6.45, 7) is 4.04. The number of methoxy groups -OCH3 is 1. The Bertz CT molecular complexity index is 590. The number of hydrogen-bond acceptors (Lipinski definition) is 1. The third kappa shape index (κ3) is 3.15. The number of allylic oxidation sites excluding steroid dienone is 1. The van der Waals surface area contributed by atoms with Gasteiger partial charge in [-0.3, -0.25) is 0 Å². The van der Waals surface area contributed by atoms with E-state index in [1.165, 1.54) is 63.4 Å². The van der Waals surface area contributed by atoms with Crippen molar-refractivity contribution >= 4 is 0 Å². The summed E-state index contributed by atoms with van der Waals surface area (Å²) in [5.41, 5.74) is 3.12. The van der Waals surface area contributed by atoms with Crippen molar-refractivity contribution in [3.63, 3.8) is 0 Å². The molecule has 2 fully saturated rings. The maximum absolute atomic E-state index is 5.39. The Kier molecular flexibility index (Phi) is 4.70. The van der Waals surface area contributed by atoms with Crippen molar-refractivity contribution in [2.45, 2.75) is 57.8 Å². The van der Waals surface area contributed by atoms with E-state index in [0.717, 1.165) is 35.3 Å². The second-order valence-electron chi connectivity index (χ2n) is 8.54. The summed E-state index contributed by atoms with van der Waals surface area (Å²) in [5.74, 6) is 5.73. The molecule has 0 saturated heterocycles. The maximum atomic E-state index is 5.39. The summed E-state index contributed by atoms with van der Waals surface area (Å²) in [4.78, 5) is 0. The molecule has 1 aromatic carbocycles. The standard InChI is InChI=1S/C23H32O/c1-3-16-4-5-18-13-19(7-6-17(18)12-16)20-8-9-22-15-23(24-2)11-10-21(22)14-20/h3,10-11,15-20H,1,4-9,12-14H2,2H3/t16-,17?,18-,19?,20?/m1/s1. The van der Waals surface area contributed by atoms with Crippen LogP contribution in [0, 0.1) is 29.6 Å². The van der Waals surface area contributed by atoms with Crippen LogP contribution in [-0.2, 0) is 12.8 Å². The van der Waals surface area contributed by atoms with Crippen LogP contribution >= 0.6 is 0 Å². The molecule has 24 heavy (non-hydrogen) atoms. The molecule has 0 bridgehead atoms. The third-order valence-electron chi connectivity index (χ3n) is 7.37. The predicted octanol–water partition coefficient (Wildman–Crippen LogP) is 5.82. The lowest BCUT2D eigenvalue weighted by Crippen LogP contribution is -2.34. The lowest BCUT2D eigenvalue weighted by Gasteiger charge is -2.44. The molecule has 2 saturated carbocycles. The van der Waals surface area contributed by atoms with Crippen molar-refractivity contribution in [3.8, 4) is 5.75 Å². The van der Waals surface area contributed by atoms with Gasteiger partial charge in [-0.2, -0.15) is 0 Å². The van der Waals surface area contributed by atoms with Gasteiger partial charge in [0, 0.05) is 0 Å². The van der Waals surface area contributed by atoms with Gasteiger partial charge in [-0.1, -0.05) is 12.1 Å². The number of hydrogen-bond donors (Lipinski definition) is 0. The van der Waals surface area contributed by atoms with Gasteiger partial charge in [0.2, 0.25) is 0 Å². The summed E-state index contributed by atoms with van der Waals surface area (Å²) in [6.07, 6.45) is 14.9. The molecule has 0 amide bonds. The number of ether oxygens (including phenoxy) is 1. The van der Waals surface area contributed by atoms with E-state index in [-0.39, 0.29) is 0 Å². The quantitative estimate of drug-likeness (QED) is 0.637. The third-order valence-corrected chi connectivity index (χ3v) is 7.37. The SMILES string of the molecule is C=C[C@@H]1CC[C@@H]2CC(C3CCc4cc(OC)ccc4C3)CCC2C1. The second-order valence-corrected chi connectivity index (χ2v) is 8.54. The van der Waals surface area contributed by atoms with Crippen molar-refractivity contribution in [3.05, 3.63) is 42.0 Å². The molecule has 0 spiro atoms. The van der Waals surface area contributed by atoms with Crippen LogP contribution in [0.5, 0.6) is 5.75 Å². The lowest BCUT2D eigenvalue weighted by atomic mass is 9.61. The van der Waals surface area contributed by atoms with Gasteiger partial charge in [0.05, 0.1) is 7.11 Å². The zero-order chi connectivity index (χ0) is 16.5. The van der Waals surface area contributed by atoms with Crippen LogP contribution in [-0.4, -0.2) is 7.11 Å². The highest BCUT2D eigenvalue weighted by molar-refractivity contribution is 5.37. The Hall–Kier alpha value is -1.24. The van der Waals surface area contributed by atoms with Gasteiger partial charge in [0.15, 0.2) is 0 Å². The van der Waals surface area contributed by atoms with Crippen molar-refractivity contribution in [2.75, 3.05) is 7.11 Å². The molecule has 3 unspecified atom stereocenters. The zero-order valence-corrected chi connectivity index (χ0v) is 15.2. The summed E-state index contributed by atoms with van der Waals surface area (Å²) >= 11 is 0. The van der Waals surface area contributed by atoms with Crippen LogP contribution in [0.1, 0.15) is 56.1 Å². The van der Waals surface area contributed by atoms with Gasteiger partial charge in [-0.15, -0.1) is 6.58 Å². The van der Waals surface area contributed by atoms with Gasteiger partial charge in [-0.25, -0.2) is 0 Å². The van der Waals surface area contributed by atoms with Crippen molar-refractivity contribution in [1.82, 2.24) is 0 Å². The van der Waals surface area contributed by atoms with E-state index in [2.05, 4.69) is 30.9 Å². The topological polar surface area (TPSA) is 9.23 Å². The number of rotatable bonds is 3. The molecular formula is C23H32O. The smallest absolute Gasteiger partial charge is 0.119 e. The highest BCUT2D eigenvalue weighted by Gasteiger charge is 2.38. The van der Waals surface area contributed by atoms with E-state index in [4.69, 9.17) is 4.74 Å². The van der Waals surface area contributed by atoms with Crippen molar-refractivity contribution < 1.29 is 4.74 Å². The van der Waals surface area contributed by atoms with E-state index >= 15 is 0 Å². The van der Waals surface area contributed by atoms with E-state index in [1.807, 2.05) is 0 Å². The fourth-order valence-corrected chi connectivity index (χ4v) is 5.89. The Morgan fingerprint density at radius 3 is 2.46 bits per heavy atom. The maximum Gasteiger partial charge on any atom is 0.119 e. The largest absolute Gasteiger partial charge is 0.497 e. The van der Waals surface area contributed by atoms with E-state index in [9.17, 15) is 0 Å². The highest BCUT2D eigenvalue weighted by atomic mass is 16.5. The van der Waals surface area contributed by atoms with Gasteiger partial charge in [0.1, 0.15) is 5.75 Å². The zero-order valence-electron chi connectivity index (χ0n) is 15.2. The molecule has 130 valence electrons. The lowest BCUT2D eigenvalue weighted by molar-refractivity contribution is 0.0811. The van der Waals surface area contributed by atoms with Crippen LogP contribution in [0.3, 0.4) is 0 Å². The first-order chi connectivity index (χ1) is 11.8. The molecule has 0 aromatic heterocycles. The van der Waals surface area contributed by atoms with Crippen LogP contribution in [0.4, 0.5) is 0 Å². The minimum atomic E-state index is 0.805. The monoisotopic (exact) mass is 324 g/mol. The first-order valence-corrected chi connectivity index (χ1v) is 10.0. The molecule has 1 heteroatoms. The Labute approximate surface area is 147 Å². The molecular weight excluding hydrogens is 292 g/mol. The minimum Gasteiger partial charge on any atom is -0.497 e. The molecule has 5 atom stereocenters. The predicted molar refractivity (Wildman–Crippen MR) is 100 cm³/mol. The first kappa shape index (κ1) is 16.2. The molecule has 0 radical (unpaired) electrons. The van der Waals surface area contributed by atoms with Gasteiger partial charge < -0.3 is 4.74 Å². The van der Waals surface area contributed by atoms with E-state index < -0.39 is 0 Å². The van der Waals surface area contributed by atoms with Crippen LogP contribution in [0.15, 0.2) is 30.9 Å². The summed E-state index contributed by atoms with van der Waals surface area (Å²) < 4.78 is 5.39. The molecule has 4 rings (SSSR count). The Balaban J connectivity index is 1.40. The molecule has 1 nitrogen and oxygen atoms in total. The number of aryl methyl sites for hydroxylation is 1. The van der Waals surface area contributed by atoms with Gasteiger partial charge in [0.25, 0.3) is 0 Å². The van der Waals surface area contributed by atoms with Gasteiger partial charge >= 0.3 is 0 Å². The summed E-state index contributed by atoms with van der Waals surface area (Å²) in [7, 11) is 1.77. The van der Waals surface area contributed by atoms with Crippen molar-refractivity contribution in [2.24, 2.45) is 29.6 Å². The van der Waals surface area contributed by atoms with Crippen molar-refractivity contribution in [1.29, 1.82) is 0 Å².